The molecular weight excluding hydrogens is 529 g/mol. The number of hydrogen-bond donors (Lipinski definition) is 2. The number of rotatable bonds is 8. The molecule has 3 fully saturated rings. The summed E-state index contributed by atoms with van der Waals surface area (Å²) in [6.07, 6.45) is 6.70. The number of fused-ring (bicyclic) bond motifs is 1. The number of amides is 3. The lowest BCUT2D eigenvalue weighted by Crippen LogP contribution is -2.58. The Labute approximate surface area is 233 Å². The molecule has 206 valence electrons. The highest BCUT2D eigenvalue weighted by Crippen LogP contribution is 2.55. The van der Waals surface area contributed by atoms with Crippen LogP contribution in [0.5, 0.6) is 0 Å². The van der Waals surface area contributed by atoms with Gasteiger partial charge in [0.1, 0.15) is 11.6 Å². The van der Waals surface area contributed by atoms with Gasteiger partial charge in [-0.15, -0.1) is 0 Å². The lowest BCUT2D eigenvalue weighted by atomic mass is 9.73. The van der Waals surface area contributed by atoms with Gasteiger partial charge in [-0.1, -0.05) is 62.0 Å². The maximum atomic E-state index is 13.9. The first-order valence-corrected chi connectivity index (χ1v) is 14.2. The van der Waals surface area contributed by atoms with Gasteiger partial charge in [0.05, 0.1) is 17.9 Å². The second-order valence-corrected chi connectivity index (χ2v) is 12.0. The number of methoxy groups -OCH3 is 1. The van der Waals surface area contributed by atoms with E-state index in [9.17, 15) is 14.4 Å². The third-order valence-corrected chi connectivity index (χ3v) is 9.27. The zero-order chi connectivity index (χ0) is 27.2. The maximum absolute atomic E-state index is 13.9. The minimum absolute atomic E-state index is 0.0342. The molecule has 2 N–H and O–H groups in total. The summed E-state index contributed by atoms with van der Waals surface area (Å²) in [4.78, 5) is 43.0. The minimum Gasteiger partial charge on any atom is -0.385 e. The molecule has 3 amide bonds. The minimum atomic E-state index is -1.20. The molecule has 1 aliphatic carbocycles. The van der Waals surface area contributed by atoms with E-state index in [-0.39, 0.29) is 23.8 Å². The van der Waals surface area contributed by atoms with Crippen LogP contribution in [0.1, 0.15) is 39.5 Å². The Morgan fingerprint density at radius 2 is 1.89 bits per heavy atom. The van der Waals surface area contributed by atoms with Crippen LogP contribution in [0.4, 0.5) is 5.69 Å². The fourth-order valence-electron chi connectivity index (χ4n) is 6.79. The first-order valence-electron chi connectivity index (χ1n) is 13.4. The van der Waals surface area contributed by atoms with Crippen molar-refractivity contribution in [2.24, 2.45) is 23.7 Å². The Balaban J connectivity index is 1.43. The average Bonchev–Trinajstić information content (AvgIpc) is 3.49. The lowest BCUT2D eigenvalue weighted by molar-refractivity contribution is -0.141. The molecule has 4 aliphatic rings. The van der Waals surface area contributed by atoms with E-state index in [4.69, 9.17) is 32.7 Å². The Morgan fingerprint density at radius 3 is 2.61 bits per heavy atom. The summed E-state index contributed by atoms with van der Waals surface area (Å²) in [6, 6.07) is 3.95. The Bertz CT molecular complexity index is 1130. The SMILES string of the molecule is COCCCN1C(=O)[C@H]2[C@H](C(=O)Nc3cc(Cl)cc(Cl)c3)[C@H]3C=C[C@@]2(O3)[C@@H]1C(=O)N[C@@H]1CCC[C@H](C)[C@@H]1C. The van der Waals surface area contributed by atoms with Gasteiger partial charge in [0, 0.05) is 42.0 Å². The number of carbonyl (C=O) groups is 3. The van der Waals surface area contributed by atoms with Gasteiger partial charge in [0.25, 0.3) is 0 Å². The van der Waals surface area contributed by atoms with Crippen molar-refractivity contribution in [1.82, 2.24) is 10.2 Å². The van der Waals surface area contributed by atoms with E-state index in [1.165, 1.54) is 0 Å². The quantitative estimate of drug-likeness (QED) is 0.367. The van der Waals surface area contributed by atoms with Crippen LogP contribution in [0.15, 0.2) is 30.4 Å². The van der Waals surface area contributed by atoms with Crippen LogP contribution in [-0.2, 0) is 23.9 Å². The summed E-state index contributed by atoms with van der Waals surface area (Å²) < 4.78 is 11.6. The van der Waals surface area contributed by atoms with Crippen LogP contribution >= 0.6 is 23.2 Å². The molecule has 5 rings (SSSR count). The zero-order valence-corrected chi connectivity index (χ0v) is 23.4. The normalized spacial score (nSPS) is 35.4. The Hall–Kier alpha value is -2.13. The van der Waals surface area contributed by atoms with E-state index >= 15 is 0 Å². The molecule has 1 spiro atoms. The third-order valence-electron chi connectivity index (χ3n) is 8.84. The summed E-state index contributed by atoms with van der Waals surface area (Å²) >= 11 is 12.2. The van der Waals surface area contributed by atoms with Crippen LogP contribution in [0.25, 0.3) is 0 Å². The summed E-state index contributed by atoms with van der Waals surface area (Å²) in [7, 11) is 1.60. The van der Waals surface area contributed by atoms with Crippen LogP contribution in [0, 0.1) is 23.7 Å². The number of nitrogens with one attached hydrogen (secondary N) is 2. The van der Waals surface area contributed by atoms with Gasteiger partial charge in [-0.3, -0.25) is 14.4 Å². The molecule has 3 aliphatic heterocycles. The van der Waals surface area contributed by atoms with Crippen molar-refractivity contribution in [3.05, 3.63) is 40.4 Å². The number of hydrogen-bond acceptors (Lipinski definition) is 5. The number of benzene rings is 1. The number of ether oxygens (including phenoxy) is 2. The van der Waals surface area contributed by atoms with Gasteiger partial charge < -0.3 is 25.0 Å². The van der Waals surface area contributed by atoms with E-state index < -0.39 is 29.6 Å². The molecule has 38 heavy (non-hydrogen) atoms. The van der Waals surface area contributed by atoms with Crippen LogP contribution < -0.4 is 10.6 Å². The number of anilines is 1. The first kappa shape index (κ1) is 27.4. The third kappa shape index (κ3) is 4.74. The van der Waals surface area contributed by atoms with Gasteiger partial charge in [-0.05, 0) is 42.9 Å². The monoisotopic (exact) mass is 563 g/mol. The second-order valence-electron chi connectivity index (χ2n) is 11.1. The highest BCUT2D eigenvalue weighted by Gasteiger charge is 2.72. The van der Waals surface area contributed by atoms with E-state index in [2.05, 4.69) is 24.5 Å². The van der Waals surface area contributed by atoms with Gasteiger partial charge in [0.2, 0.25) is 17.7 Å². The molecule has 1 saturated carbocycles. The van der Waals surface area contributed by atoms with E-state index in [0.29, 0.717) is 47.1 Å². The molecule has 8 nitrogen and oxygen atoms in total. The molecule has 0 radical (unpaired) electrons. The van der Waals surface area contributed by atoms with Gasteiger partial charge >= 0.3 is 0 Å². The molecule has 2 saturated heterocycles. The molecule has 0 unspecified atom stereocenters. The van der Waals surface area contributed by atoms with E-state index in [0.717, 1.165) is 19.3 Å². The largest absolute Gasteiger partial charge is 0.385 e. The molecule has 0 aromatic heterocycles. The molecule has 2 bridgehead atoms. The zero-order valence-electron chi connectivity index (χ0n) is 21.9. The predicted molar refractivity (Wildman–Crippen MR) is 145 cm³/mol. The highest BCUT2D eigenvalue weighted by atomic mass is 35.5. The predicted octanol–water partition coefficient (Wildman–Crippen LogP) is 4.06. The molecule has 1 aromatic carbocycles. The maximum Gasteiger partial charge on any atom is 0.246 e. The molecule has 8 atom stereocenters. The van der Waals surface area contributed by atoms with Gasteiger partial charge in [-0.25, -0.2) is 0 Å². The van der Waals surface area contributed by atoms with Gasteiger partial charge in [-0.2, -0.15) is 0 Å². The van der Waals surface area contributed by atoms with Crippen LogP contribution in [0.2, 0.25) is 10.0 Å². The van der Waals surface area contributed by atoms with E-state index in [1.807, 2.05) is 12.2 Å². The van der Waals surface area contributed by atoms with Crippen molar-refractivity contribution in [3.8, 4) is 0 Å². The smallest absolute Gasteiger partial charge is 0.246 e. The lowest BCUT2D eigenvalue weighted by Gasteiger charge is -2.38. The van der Waals surface area contributed by atoms with Crippen LogP contribution in [-0.4, -0.2) is 66.7 Å². The Morgan fingerprint density at radius 1 is 1.16 bits per heavy atom. The summed E-state index contributed by atoms with van der Waals surface area (Å²) in [6.45, 7) is 5.17. The summed E-state index contributed by atoms with van der Waals surface area (Å²) in [5, 5.41) is 6.89. The number of halogens is 2. The van der Waals surface area contributed by atoms with Gasteiger partial charge in [0.15, 0.2) is 0 Å². The number of nitrogens with zero attached hydrogens (tertiary/aromatic N) is 1. The molecule has 1 aromatic rings. The Kier molecular flexibility index (Phi) is 7.80. The summed E-state index contributed by atoms with van der Waals surface area (Å²) in [5.41, 5.74) is -0.762. The topological polar surface area (TPSA) is 97.0 Å². The fraction of sp³-hybridized carbons (Fsp3) is 0.607. The van der Waals surface area contributed by atoms with Crippen LogP contribution in [0.3, 0.4) is 0 Å². The highest BCUT2D eigenvalue weighted by molar-refractivity contribution is 6.35. The summed E-state index contributed by atoms with van der Waals surface area (Å²) in [5.74, 6) is -1.60. The van der Waals surface area contributed by atoms with Crippen molar-refractivity contribution >= 4 is 46.6 Å². The fourth-order valence-corrected chi connectivity index (χ4v) is 7.31. The first-order chi connectivity index (χ1) is 18.2. The number of carbonyl (C=O) groups excluding carboxylic acids is 3. The molecule has 10 heteroatoms. The second kappa shape index (κ2) is 10.8. The van der Waals surface area contributed by atoms with Crippen molar-refractivity contribution < 1.29 is 23.9 Å². The number of likely N-dealkylation sites (tertiary alicyclic amines) is 1. The van der Waals surface area contributed by atoms with E-state index in [1.54, 1.807) is 30.2 Å². The molecular formula is C28H35Cl2N3O5. The van der Waals surface area contributed by atoms with Crippen molar-refractivity contribution in [2.45, 2.75) is 63.3 Å². The van der Waals surface area contributed by atoms with Crippen molar-refractivity contribution in [3.63, 3.8) is 0 Å². The average molecular weight is 565 g/mol. The standard InChI is InChI=1S/C28H35Cl2N3O5/c1-15-6-4-7-20(16(15)2)32-26(35)24-28-9-8-21(38-28)22(23(28)27(36)33(24)10-5-11-37-3)25(34)31-19-13-17(29)12-18(30)14-19/h8-9,12-16,20-24H,4-7,10-11H2,1-3H3,(H,31,34)(H,32,35)/t15-,16-,20+,21+,22+,23+,24-,28-/m0/s1. The van der Waals surface area contributed by atoms with Crippen molar-refractivity contribution in [2.75, 3.05) is 25.6 Å². The molecule has 3 heterocycles. The van der Waals surface area contributed by atoms with Crippen molar-refractivity contribution in [1.29, 1.82) is 0 Å².